The average Bonchev–Trinajstić information content (AvgIpc) is 2.37. The van der Waals surface area contributed by atoms with Gasteiger partial charge in [-0.2, -0.15) is 0 Å². The number of aliphatic hydroxyl groups is 1. The molecule has 1 unspecified atom stereocenters. The van der Waals surface area contributed by atoms with Crippen molar-refractivity contribution in [1.29, 1.82) is 0 Å². The van der Waals surface area contributed by atoms with E-state index in [-0.39, 0.29) is 6.10 Å². The molecule has 3 nitrogen and oxygen atoms in total. The third-order valence-electron chi connectivity index (χ3n) is 3.18. The summed E-state index contributed by atoms with van der Waals surface area (Å²) in [6.45, 7) is 0. The van der Waals surface area contributed by atoms with Crippen LogP contribution in [0, 0.1) is 0 Å². The van der Waals surface area contributed by atoms with E-state index in [0.717, 1.165) is 24.7 Å². The lowest BCUT2D eigenvalue weighted by Gasteiger charge is -2.29. The molecule has 0 saturated carbocycles. The van der Waals surface area contributed by atoms with Crippen LogP contribution in [0.25, 0.3) is 0 Å². The van der Waals surface area contributed by atoms with Gasteiger partial charge in [0.15, 0.2) is 0 Å². The first kappa shape index (κ1) is 14.5. The van der Waals surface area contributed by atoms with Gasteiger partial charge in [0.25, 0.3) is 0 Å². The minimum atomic E-state index is -0.547. The molecule has 104 valence electrons. The van der Waals surface area contributed by atoms with Crippen LogP contribution in [0.5, 0.6) is 5.75 Å². The Hall–Kier alpha value is -0.430. The molecule has 3 rings (SSSR count). The Morgan fingerprint density at radius 3 is 2.70 bits per heavy atom. The molecule has 1 aromatic carbocycles. The summed E-state index contributed by atoms with van der Waals surface area (Å²) in [6, 6.07) is 7.58. The van der Waals surface area contributed by atoms with Crippen LogP contribution in [-0.2, 0) is 0 Å². The third-order valence-corrected chi connectivity index (χ3v) is 4.74. The standard InChI is InChI=1S/C14H10Br3NO2/c15-7-1-2-9-11(19)5-13(20-12(9)4-7)14-10(17)3-8(16)6-18-14/h1-4,6,11,13,19H,5H2/t11-,13?/m0/s1. The molecule has 0 radical (unpaired) electrons. The quantitative estimate of drug-likeness (QED) is 0.652. The fourth-order valence-electron chi connectivity index (χ4n) is 2.25. The molecule has 6 heteroatoms. The zero-order valence-corrected chi connectivity index (χ0v) is 14.9. The highest BCUT2D eigenvalue weighted by Crippen LogP contribution is 2.42. The van der Waals surface area contributed by atoms with Gasteiger partial charge in [-0.25, -0.2) is 0 Å². The number of fused-ring (bicyclic) bond motifs is 1. The molecule has 0 saturated heterocycles. The van der Waals surface area contributed by atoms with Crippen LogP contribution in [0.2, 0.25) is 0 Å². The Kier molecular flexibility index (Phi) is 4.17. The van der Waals surface area contributed by atoms with Crippen LogP contribution in [0.4, 0.5) is 0 Å². The summed E-state index contributed by atoms with van der Waals surface area (Å²) in [5, 5.41) is 10.3. The maximum Gasteiger partial charge on any atom is 0.144 e. The summed E-state index contributed by atoms with van der Waals surface area (Å²) in [5.41, 5.74) is 1.61. The molecular formula is C14H10Br3NO2. The van der Waals surface area contributed by atoms with E-state index in [0.29, 0.717) is 12.2 Å². The number of hydrogen-bond donors (Lipinski definition) is 1. The zero-order valence-electron chi connectivity index (χ0n) is 10.2. The van der Waals surface area contributed by atoms with Crippen LogP contribution in [0.15, 0.2) is 43.9 Å². The molecule has 1 aliphatic heterocycles. The minimum Gasteiger partial charge on any atom is -0.484 e. The number of pyridine rings is 1. The van der Waals surface area contributed by atoms with Gasteiger partial charge in [-0.05, 0) is 50.1 Å². The van der Waals surface area contributed by atoms with Gasteiger partial charge >= 0.3 is 0 Å². The topological polar surface area (TPSA) is 42.4 Å². The summed E-state index contributed by atoms with van der Waals surface area (Å²) in [6.07, 6.45) is 1.40. The van der Waals surface area contributed by atoms with Crippen molar-refractivity contribution >= 4 is 47.8 Å². The summed E-state index contributed by atoms with van der Waals surface area (Å²) in [4.78, 5) is 4.39. The number of halogens is 3. The van der Waals surface area contributed by atoms with Crippen molar-refractivity contribution in [1.82, 2.24) is 4.98 Å². The number of nitrogens with zero attached hydrogens (tertiary/aromatic N) is 1. The first-order chi connectivity index (χ1) is 9.54. The van der Waals surface area contributed by atoms with Crippen LogP contribution in [-0.4, -0.2) is 10.1 Å². The fourth-order valence-corrected chi connectivity index (χ4v) is 3.83. The zero-order chi connectivity index (χ0) is 14.3. The first-order valence-electron chi connectivity index (χ1n) is 5.99. The summed E-state index contributed by atoms with van der Waals surface area (Å²) in [5.74, 6) is 0.694. The van der Waals surface area contributed by atoms with E-state index < -0.39 is 6.10 Å². The second kappa shape index (κ2) is 5.75. The highest BCUT2D eigenvalue weighted by molar-refractivity contribution is 9.11. The molecule has 0 fully saturated rings. The lowest BCUT2D eigenvalue weighted by atomic mass is 9.97. The molecule has 0 bridgehead atoms. The van der Waals surface area contributed by atoms with E-state index in [9.17, 15) is 5.11 Å². The lowest BCUT2D eigenvalue weighted by Crippen LogP contribution is -2.20. The molecule has 0 aliphatic carbocycles. The number of aromatic nitrogens is 1. The average molecular weight is 464 g/mol. The van der Waals surface area contributed by atoms with Crippen molar-refractivity contribution in [3.05, 3.63) is 55.1 Å². The van der Waals surface area contributed by atoms with E-state index in [4.69, 9.17) is 4.74 Å². The van der Waals surface area contributed by atoms with E-state index in [1.54, 1.807) is 6.20 Å². The van der Waals surface area contributed by atoms with Gasteiger partial charge in [0, 0.05) is 31.6 Å². The summed E-state index contributed by atoms with van der Waals surface area (Å²) in [7, 11) is 0. The predicted octanol–water partition coefficient (Wildman–Crippen LogP) is 4.93. The van der Waals surface area contributed by atoms with Crippen molar-refractivity contribution in [2.75, 3.05) is 0 Å². The van der Waals surface area contributed by atoms with E-state index >= 15 is 0 Å². The maximum absolute atomic E-state index is 10.3. The molecule has 0 spiro atoms. The van der Waals surface area contributed by atoms with E-state index in [2.05, 4.69) is 52.8 Å². The van der Waals surface area contributed by atoms with Crippen LogP contribution in [0.3, 0.4) is 0 Å². The normalized spacial score (nSPS) is 21.2. The second-order valence-corrected chi connectivity index (χ2v) is 7.25. The number of ether oxygens (including phenoxy) is 1. The van der Waals surface area contributed by atoms with Crippen molar-refractivity contribution in [3.8, 4) is 5.75 Å². The summed E-state index contributed by atoms with van der Waals surface area (Å²) >= 11 is 10.3. The Bertz CT molecular complexity index is 663. The Morgan fingerprint density at radius 2 is 1.95 bits per heavy atom. The highest BCUT2D eigenvalue weighted by atomic mass is 79.9. The van der Waals surface area contributed by atoms with Gasteiger partial charge in [0.05, 0.1) is 11.8 Å². The van der Waals surface area contributed by atoms with Gasteiger partial charge in [-0.15, -0.1) is 0 Å². The summed E-state index contributed by atoms with van der Waals surface area (Å²) < 4.78 is 8.67. The van der Waals surface area contributed by atoms with Crippen molar-refractivity contribution in [2.45, 2.75) is 18.6 Å². The largest absolute Gasteiger partial charge is 0.484 e. The SMILES string of the molecule is O[C@H]1CC(c2ncc(Br)cc2Br)Oc2cc(Br)ccc21. The molecule has 2 aromatic rings. The molecule has 1 aliphatic rings. The van der Waals surface area contributed by atoms with Gasteiger partial charge in [0.2, 0.25) is 0 Å². The Morgan fingerprint density at radius 1 is 1.15 bits per heavy atom. The molecule has 2 atom stereocenters. The number of aliphatic hydroxyl groups excluding tert-OH is 1. The van der Waals surface area contributed by atoms with Crippen molar-refractivity contribution < 1.29 is 9.84 Å². The Labute approximate surface area is 141 Å². The second-order valence-electron chi connectivity index (χ2n) is 4.56. The molecule has 2 heterocycles. The molecule has 1 aromatic heterocycles. The number of rotatable bonds is 1. The van der Waals surface area contributed by atoms with Crippen molar-refractivity contribution in [2.24, 2.45) is 0 Å². The molecular weight excluding hydrogens is 454 g/mol. The predicted molar refractivity (Wildman–Crippen MR) is 86.7 cm³/mol. The van der Waals surface area contributed by atoms with E-state index in [1.165, 1.54) is 0 Å². The minimum absolute atomic E-state index is 0.269. The monoisotopic (exact) mass is 461 g/mol. The maximum atomic E-state index is 10.3. The highest BCUT2D eigenvalue weighted by Gasteiger charge is 2.30. The van der Waals surface area contributed by atoms with Crippen LogP contribution < -0.4 is 4.74 Å². The van der Waals surface area contributed by atoms with Crippen LogP contribution >= 0.6 is 47.8 Å². The molecule has 0 amide bonds. The Balaban J connectivity index is 1.98. The van der Waals surface area contributed by atoms with Crippen LogP contribution in [0.1, 0.15) is 29.9 Å². The molecule has 20 heavy (non-hydrogen) atoms. The fraction of sp³-hybridized carbons (Fsp3) is 0.214. The van der Waals surface area contributed by atoms with Gasteiger partial charge in [0.1, 0.15) is 11.9 Å². The smallest absolute Gasteiger partial charge is 0.144 e. The van der Waals surface area contributed by atoms with Gasteiger partial charge in [-0.1, -0.05) is 22.0 Å². The lowest BCUT2D eigenvalue weighted by molar-refractivity contribution is 0.0632. The van der Waals surface area contributed by atoms with E-state index in [1.807, 2.05) is 24.3 Å². The number of hydrogen-bond acceptors (Lipinski definition) is 3. The van der Waals surface area contributed by atoms with Gasteiger partial charge in [-0.3, -0.25) is 4.98 Å². The third kappa shape index (κ3) is 2.79. The molecule has 1 N–H and O–H groups in total. The van der Waals surface area contributed by atoms with Gasteiger partial charge < -0.3 is 9.84 Å². The van der Waals surface area contributed by atoms with Crippen molar-refractivity contribution in [3.63, 3.8) is 0 Å². The number of benzene rings is 1. The first-order valence-corrected chi connectivity index (χ1v) is 8.37.